The number of fused-ring (bicyclic) bond motifs is 1. The van der Waals surface area contributed by atoms with Gasteiger partial charge in [-0.25, -0.2) is 9.50 Å². The number of rotatable bonds is 0. The summed E-state index contributed by atoms with van der Waals surface area (Å²) in [7, 11) is 0. The molecule has 0 saturated carbocycles. The first-order valence-corrected chi connectivity index (χ1v) is 4.54. The second-order valence-electron chi connectivity index (χ2n) is 2.69. The molecule has 70 valence electrons. The fourth-order valence-electron chi connectivity index (χ4n) is 1.11. The van der Waals surface area contributed by atoms with Crippen molar-refractivity contribution in [2.45, 2.75) is 27.7 Å². The van der Waals surface area contributed by atoms with E-state index in [1.165, 1.54) is 5.56 Å². The van der Waals surface area contributed by atoms with Crippen molar-refractivity contribution in [3.63, 3.8) is 0 Å². The van der Waals surface area contributed by atoms with Crippen molar-refractivity contribution >= 4 is 5.52 Å². The van der Waals surface area contributed by atoms with Gasteiger partial charge in [-0.1, -0.05) is 13.8 Å². The van der Waals surface area contributed by atoms with Crippen LogP contribution in [-0.2, 0) is 0 Å². The van der Waals surface area contributed by atoms with Gasteiger partial charge in [0, 0.05) is 5.69 Å². The van der Waals surface area contributed by atoms with E-state index in [9.17, 15) is 0 Å². The van der Waals surface area contributed by atoms with Crippen molar-refractivity contribution in [3.8, 4) is 0 Å². The van der Waals surface area contributed by atoms with Gasteiger partial charge in [0.1, 0.15) is 6.33 Å². The minimum atomic E-state index is 1.03. The molecule has 0 atom stereocenters. The fourth-order valence-corrected chi connectivity index (χ4v) is 1.11. The summed E-state index contributed by atoms with van der Waals surface area (Å²) < 4.78 is 1.78. The van der Waals surface area contributed by atoms with E-state index in [2.05, 4.69) is 10.1 Å². The molecule has 0 aliphatic carbocycles. The summed E-state index contributed by atoms with van der Waals surface area (Å²) in [5, 5.41) is 4.11. The monoisotopic (exact) mass is 177 g/mol. The zero-order valence-electron chi connectivity index (χ0n) is 8.57. The molecule has 0 aromatic carbocycles. The van der Waals surface area contributed by atoms with Gasteiger partial charge in [-0.2, -0.15) is 5.10 Å². The van der Waals surface area contributed by atoms with Crippen molar-refractivity contribution in [1.29, 1.82) is 0 Å². The molecule has 0 amide bonds. The zero-order valence-corrected chi connectivity index (χ0v) is 8.57. The Hall–Kier alpha value is -1.38. The van der Waals surface area contributed by atoms with Gasteiger partial charge in [-0.3, -0.25) is 0 Å². The average Bonchev–Trinajstić information content (AvgIpc) is 2.52. The summed E-state index contributed by atoms with van der Waals surface area (Å²) in [6, 6.07) is 2.03. The molecule has 3 heteroatoms. The van der Waals surface area contributed by atoms with Crippen LogP contribution in [0.4, 0.5) is 0 Å². The second-order valence-corrected chi connectivity index (χ2v) is 2.69. The number of aryl methyl sites for hydroxylation is 2. The Morgan fingerprint density at radius 3 is 2.62 bits per heavy atom. The molecule has 2 aromatic rings. The Morgan fingerprint density at radius 2 is 1.92 bits per heavy atom. The van der Waals surface area contributed by atoms with Gasteiger partial charge < -0.3 is 0 Å². The number of hydrogen-bond donors (Lipinski definition) is 0. The average molecular weight is 177 g/mol. The topological polar surface area (TPSA) is 30.2 Å². The highest BCUT2D eigenvalue weighted by atomic mass is 15.2. The van der Waals surface area contributed by atoms with Crippen LogP contribution in [0.25, 0.3) is 5.52 Å². The third kappa shape index (κ3) is 1.86. The predicted molar refractivity (Wildman–Crippen MR) is 53.8 cm³/mol. The van der Waals surface area contributed by atoms with Gasteiger partial charge in [-0.15, -0.1) is 0 Å². The maximum absolute atomic E-state index is 4.12. The van der Waals surface area contributed by atoms with Crippen LogP contribution in [0.2, 0.25) is 0 Å². The first-order valence-electron chi connectivity index (χ1n) is 4.54. The summed E-state index contributed by atoms with van der Waals surface area (Å²) in [6.45, 7) is 8.02. The van der Waals surface area contributed by atoms with Gasteiger partial charge in [-0.05, 0) is 25.5 Å². The smallest absolute Gasteiger partial charge is 0.117 e. The molecule has 0 spiro atoms. The lowest BCUT2D eigenvalue weighted by Gasteiger charge is -1.93. The summed E-state index contributed by atoms with van der Waals surface area (Å²) in [6.07, 6.45) is 3.58. The molecule has 13 heavy (non-hydrogen) atoms. The van der Waals surface area contributed by atoms with Crippen LogP contribution < -0.4 is 0 Å². The Morgan fingerprint density at radius 1 is 1.23 bits per heavy atom. The molecule has 0 aliphatic heterocycles. The van der Waals surface area contributed by atoms with E-state index >= 15 is 0 Å². The number of aromatic nitrogens is 3. The van der Waals surface area contributed by atoms with Crippen LogP contribution in [0.15, 0.2) is 18.6 Å². The van der Waals surface area contributed by atoms with Crippen LogP contribution in [-0.4, -0.2) is 14.6 Å². The van der Waals surface area contributed by atoms with E-state index in [0.29, 0.717) is 0 Å². The van der Waals surface area contributed by atoms with Crippen LogP contribution in [0.5, 0.6) is 0 Å². The lowest BCUT2D eigenvalue weighted by atomic mass is 10.3. The van der Waals surface area contributed by atoms with Crippen LogP contribution in [0.1, 0.15) is 25.1 Å². The van der Waals surface area contributed by atoms with Gasteiger partial charge >= 0.3 is 0 Å². The molecule has 0 N–H and O–H groups in total. The molecule has 0 unspecified atom stereocenters. The molecule has 3 nitrogen and oxygen atoms in total. The summed E-state index contributed by atoms with van der Waals surface area (Å²) in [5.74, 6) is 0. The quantitative estimate of drug-likeness (QED) is 0.618. The van der Waals surface area contributed by atoms with Gasteiger partial charge in [0.2, 0.25) is 0 Å². The van der Waals surface area contributed by atoms with Crippen LogP contribution in [0, 0.1) is 13.8 Å². The van der Waals surface area contributed by atoms with Crippen molar-refractivity contribution in [3.05, 3.63) is 29.8 Å². The predicted octanol–water partition coefficient (Wildman–Crippen LogP) is 2.37. The minimum absolute atomic E-state index is 1.03. The molecule has 0 fully saturated rings. The summed E-state index contributed by atoms with van der Waals surface area (Å²) >= 11 is 0. The summed E-state index contributed by atoms with van der Waals surface area (Å²) in [5.41, 5.74) is 3.36. The first kappa shape index (κ1) is 9.71. The van der Waals surface area contributed by atoms with E-state index in [1.807, 2.05) is 40.0 Å². The van der Waals surface area contributed by atoms with E-state index in [4.69, 9.17) is 0 Å². The lowest BCUT2D eigenvalue weighted by molar-refractivity contribution is 0.910. The molecule has 2 aromatic heterocycles. The van der Waals surface area contributed by atoms with Gasteiger partial charge in [0.25, 0.3) is 0 Å². The van der Waals surface area contributed by atoms with Crippen LogP contribution >= 0.6 is 0 Å². The van der Waals surface area contributed by atoms with Crippen molar-refractivity contribution in [2.75, 3.05) is 0 Å². The van der Waals surface area contributed by atoms with E-state index in [1.54, 1.807) is 10.8 Å². The largest absolute Gasteiger partial charge is 0.242 e. The van der Waals surface area contributed by atoms with E-state index < -0.39 is 0 Å². The highest BCUT2D eigenvalue weighted by molar-refractivity contribution is 5.52. The summed E-state index contributed by atoms with van der Waals surface area (Å²) in [4.78, 5) is 4.12. The van der Waals surface area contributed by atoms with Crippen LogP contribution in [0.3, 0.4) is 0 Å². The molecule has 2 rings (SSSR count). The first-order chi connectivity index (χ1) is 6.27. The Kier molecular flexibility index (Phi) is 3.01. The second kappa shape index (κ2) is 4.03. The fraction of sp³-hybridized carbons (Fsp3) is 0.400. The van der Waals surface area contributed by atoms with Crippen molar-refractivity contribution in [2.24, 2.45) is 0 Å². The SMILES string of the molecule is CC.Cc1cc2c(C)cnn2cn1. The van der Waals surface area contributed by atoms with Gasteiger partial charge in [0.15, 0.2) is 0 Å². The molecule has 0 saturated heterocycles. The normalized spacial score (nSPS) is 9.54. The molecular weight excluding hydrogens is 162 g/mol. The van der Waals surface area contributed by atoms with Crippen molar-refractivity contribution in [1.82, 2.24) is 14.6 Å². The molecule has 0 bridgehead atoms. The standard InChI is InChI=1S/C8H9N3.C2H6/c1-6-4-10-11-5-9-7(2)3-8(6)11;1-2/h3-5H,1-2H3;1-2H3. The number of nitrogens with zero attached hydrogens (tertiary/aromatic N) is 3. The minimum Gasteiger partial charge on any atom is -0.242 e. The molecular formula is C10H15N3. The molecule has 2 heterocycles. The molecule has 0 radical (unpaired) electrons. The van der Waals surface area contributed by atoms with E-state index in [-0.39, 0.29) is 0 Å². The maximum atomic E-state index is 4.12. The van der Waals surface area contributed by atoms with Gasteiger partial charge in [0.05, 0.1) is 11.7 Å². The third-order valence-corrected chi connectivity index (χ3v) is 1.74. The Bertz CT molecular complexity index is 390. The van der Waals surface area contributed by atoms with E-state index in [0.717, 1.165) is 11.2 Å². The highest BCUT2D eigenvalue weighted by Gasteiger charge is 1.97. The maximum Gasteiger partial charge on any atom is 0.117 e. The Labute approximate surface area is 78.4 Å². The number of hydrogen-bond acceptors (Lipinski definition) is 2. The van der Waals surface area contributed by atoms with Crippen molar-refractivity contribution < 1.29 is 0 Å². The highest BCUT2D eigenvalue weighted by Crippen LogP contribution is 2.08. The Balaban J connectivity index is 0.000000396. The molecule has 0 aliphatic rings. The lowest BCUT2D eigenvalue weighted by Crippen LogP contribution is -1.90. The zero-order chi connectivity index (χ0) is 9.84. The third-order valence-electron chi connectivity index (χ3n) is 1.74.